The van der Waals surface area contributed by atoms with Crippen LogP contribution in [0.2, 0.25) is 0 Å². The number of fused-ring (bicyclic) bond motifs is 3. The van der Waals surface area contributed by atoms with Crippen molar-refractivity contribution in [1.82, 2.24) is 9.55 Å². The molecule has 11 heteroatoms. The van der Waals surface area contributed by atoms with E-state index < -0.39 is 6.36 Å². The van der Waals surface area contributed by atoms with Gasteiger partial charge in [-0.1, -0.05) is 11.8 Å². The lowest BCUT2D eigenvalue weighted by molar-refractivity contribution is -0.274. The number of thioether (sulfide) groups is 1. The number of aryl methyl sites for hydroxylation is 2. The molecule has 31 heavy (non-hydrogen) atoms. The third kappa shape index (κ3) is 4.87. The number of anilines is 1. The Hall–Kier alpha value is -2.53. The number of amides is 1. The van der Waals surface area contributed by atoms with Crippen LogP contribution >= 0.6 is 23.1 Å². The number of nitrogens with one attached hydrogen (secondary N) is 1. The van der Waals surface area contributed by atoms with E-state index >= 15 is 0 Å². The fraction of sp³-hybridized carbons (Fsp3) is 0.350. The molecule has 4 rings (SSSR count). The molecular formula is C20H18F3N3O3S2. The molecule has 1 amide bonds. The maximum Gasteiger partial charge on any atom is 0.573 e. The highest BCUT2D eigenvalue weighted by Gasteiger charge is 2.31. The Kier molecular flexibility index (Phi) is 5.98. The molecule has 0 saturated heterocycles. The van der Waals surface area contributed by atoms with Gasteiger partial charge in [0.15, 0.2) is 5.16 Å². The number of rotatable bonds is 5. The van der Waals surface area contributed by atoms with Crippen LogP contribution in [0.15, 0.2) is 34.2 Å². The Bertz CT molecular complexity index is 1190. The first-order chi connectivity index (χ1) is 14.7. The number of hydrogen-bond acceptors (Lipinski definition) is 6. The largest absolute Gasteiger partial charge is 0.573 e. The van der Waals surface area contributed by atoms with Gasteiger partial charge in [-0.25, -0.2) is 4.98 Å². The van der Waals surface area contributed by atoms with E-state index in [1.807, 2.05) is 0 Å². The number of ether oxygens (including phenoxy) is 1. The summed E-state index contributed by atoms with van der Waals surface area (Å²) >= 11 is 2.68. The van der Waals surface area contributed by atoms with Crippen LogP contribution in [0.25, 0.3) is 10.2 Å². The van der Waals surface area contributed by atoms with E-state index in [1.54, 1.807) is 18.4 Å². The normalized spacial score (nSPS) is 13.8. The Morgan fingerprint density at radius 1 is 1.26 bits per heavy atom. The Balaban J connectivity index is 1.43. The van der Waals surface area contributed by atoms with Gasteiger partial charge in [0.25, 0.3) is 5.56 Å². The van der Waals surface area contributed by atoms with Gasteiger partial charge in [-0.2, -0.15) is 0 Å². The molecule has 1 aliphatic carbocycles. The molecule has 2 aromatic heterocycles. The lowest BCUT2D eigenvalue weighted by Gasteiger charge is -2.11. The van der Waals surface area contributed by atoms with E-state index in [1.165, 1.54) is 21.6 Å². The summed E-state index contributed by atoms with van der Waals surface area (Å²) < 4.78 is 41.9. The van der Waals surface area contributed by atoms with Crippen molar-refractivity contribution in [2.24, 2.45) is 7.05 Å². The number of carbonyl (C=O) groups is 1. The average Bonchev–Trinajstić information content (AvgIpc) is 3.08. The summed E-state index contributed by atoms with van der Waals surface area (Å²) in [6.45, 7) is 0. The second kappa shape index (κ2) is 8.54. The summed E-state index contributed by atoms with van der Waals surface area (Å²) in [6, 6.07) is 4.88. The van der Waals surface area contributed by atoms with Crippen LogP contribution in [0.4, 0.5) is 18.9 Å². The SMILES string of the molecule is Cn1c(SCC(=O)Nc2ccc(OC(F)(F)F)cc2)nc2sc3c(c2c1=O)CCCC3. The van der Waals surface area contributed by atoms with Crippen LogP contribution in [-0.2, 0) is 24.7 Å². The second-order valence-corrected chi connectivity index (χ2v) is 9.08. The number of aromatic nitrogens is 2. The highest BCUT2D eigenvalue weighted by Crippen LogP contribution is 2.34. The van der Waals surface area contributed by atoms with Crippen LogP contribution in [0, 0.1) is 0 Å². The summed E-state index contributed by atoms with van der Waals surface area (Å²) in [7, 11) is 1.64. The van der Waals surface area contributed by atoms with Crippen LogP contribution in [0.1, 0.15) is 23.3 Å². The number of nitrogens with zero attached hydrogens (tertiary/aromatic N) is 2. The first-order valence-electron chi connectivity index (χ1n) is 9.51. The van der Waals surface area contributed by atoms with Crippen LogP contribution < -0.4 is 15.6 Å². The molecule has 2 heterocycles. The van der Waals surface area contributed by atoms with Crippen molar-refractivity contribution in [3.05, 3.63) is 45.1 Å². The minimum Gasteiger partial charge on any atom is -0.406 e. The maximum absolute atomic E-state index is 12.9. The monoisotopic (exact) mass is 469 g/mol. The minimum absolute atomic E-state index is 0.00230. The Morgan fingerprint density at radius 2 is 1.97 bits per heavy atom. The summed E-state index contributed by atoms with van der Waals surface area (Å²) in [5, 5.41) is 3.74. The zero-order chi connectivity index (χ0) is 22.2. The van der Waals surface area contributed by atoms with Crippen molar-refractivity contribution in [2.45, 2.75) is 37.2 Å². The van der Waals surface area contributed by atoms with Gasteiger partial charge in [0.1, 0.15) is 10.6 Å². The third-order valence-corrected chi connectivity index (χ3v) is 7.07. The fourth-order valence-electron chi connectivity index (χ4n) is 3.46. The molecule has 1 N–H and O–H groups in total. The minimum atomic E-state index is -4.77. The van der Waals surface area contributed by atoms with E-state index in [-0.39, 0.29) is 23.0 Å². The quantitative estimate of drug-likeness (QED) is 0.440. The van der Waals surface area contributed by atoms with Gasteiger partial charge < -0.3 is 10.1 Å². The second-order valence-electron chi connectivity index (χ2n) is 7.06. The van der Waals surface area contributed by atoms with Gasteiger partial charge in [-0.3, -0.25) is 14.2 Å². The molecule has 0 aliphatic heterocycles. The fourth-order valence-corrected chi connectivity index (χ4v) is 5.54. The molecule has 0 fully saturated rings. The summed E-state index contributed by atoms with van der Waals surface area (Å²) in [4.78, 5) is 31.7. The predicted molar refractivity (Wildman–Crippen MR) is 114 cm³/mol. The molecule has 6 nitrogen and oxygen atoms in total. The van der Waals surface area contributed by atoms with E-state index in [0.29, 0.717) is 21.1 Å². The topological polar surface area (TPSA) is 73.2 Å². The molecule has 0 radical (unpaired) electrons. The highest BCUT2D eigenvalue weighted by atomic mass is 32.2. The third-order valence-electron chi connectivity index (χ3n) is 4.86. The zero-order valence-electron chi connectivity index (χ0n) is 16.4. The first kappa shape index (κ1) is 21.7. The molecule has 0 unspecified atom stereocenters. The molecule has 3 aromatic rings. The molecular weight excluding hydrogens is 451 g/mol. The predicted octanol–water partition coefficient (Wildman–Crippen LogP) is 4.50. The van der Waals surface area contributed by atoms with Crippen molar-refractivity contribution < 1.29 is 22.7 Å². The summed E-state index contributed by atoms with van der Waals surface area (Å²) in [5.74, 6) is -0.738. The van der Waals surface area contributed by atoms with E-state index in [2.05, 4.69) is 15.0 Å². The summed E-state index contributed by atoms with van der Waals surface area (Å²) in [5.41, 5.74) is 1.35. The van der Waals surface area contributed by atoms with E-state index in [4.69, 9.17) is 0 Å². The smallest absolute Gasteiger partial charge is 0.406 e. The van der Waals surface area contributed by atoms with Crippen LogP contribution in [-0.4, -0.2) is 27.6 Å². The van der Waals surface area contributed by atoms with Gasteiger partial charge >= 0.3 is 6.36 Å². The molecule has 0 bridgehead atoms. The number of benzene rings is 1. The number of hydrogen-bond donors (Lipinski definition) is 1. The van der Waals surface area contributed by atoms with Crippen molar-refractivity contribution in [2.75, 3.05) is 11.1 Å². The van der Waals surface area contributed by atoms with Gasteiger partial charge in [-0.05, 0) is 55.5 Å². The number of halogens is 3. The number of thiophene rings is 1. The van der Waals surface area contributed by atoms with Crippen LogP contribution in [0.3, 0.4) is 0 Å². The van der Waals surface area contributed by atoms with Gasteiger partial charge in [0.2, 0.25) is 5.91 Å². The zero-order valence-corrected chi connectivity index (χ0v) is 18.0. The lowest BCUT2D eigenvalue weighted by Crippen LogP contribution is -2.22. The van der Waals surface area contributed by atoms with Crippen molar-refractivity contribution in [1.29, 1.82) is 0 Å². The van der Waals surface area contributed by atoms with Crippen LogP contribution in [0.5, 0.6) is 5.75 Å². The standard InChI is InChI=1S/C20H18F3N3O3S2/c1-26-18(28)16-13-4-2-3-5-14(13)31-17(16)25-19(26)30-10-15(27)24-11-6-8-12(9-7-11)29-20(21,22)23/h6-9H,2-5,10H2,1H3,(H,24,27). The van der Waals surface area contributed by atoms with Crippen molar-refractivity contribution >= 4 is 44.9 Å². The lowest BCUT2D eigenvalue weighted by atomic mass is 9.97. The molecule has 0 spiro atoms. The Labute approximate surface area is 183 Å². The highest BCUT2D eigenvalue weighted by molar-refractivity contribution is 7.99. The maximum atomic E-state index is 12.9. The first-order valence-corrected chi connectivity index (χ1v) is 11.3. The van der Waals surface area contributed by atoms with E-state index in [9.17, 15) is 22.8 Å². The summed E-state index contributed by atoms with van der Waals surface area (Å²) in [6.07, 6.45) is -0.717. The average molecular weight is 470 g/mol. The van der Waals surface area contributed by atoms with Gasteiger partial charge in [0.05, 0.1) is 11.1 Å². The molecule has 1 aliphatic rings. The van der Waals surface area contributed by atoms with Crippen molar-refractivity contribution in [3.8, 4) is 5.75 Å². The number of alkyl halides is 3. The van der Waals surface area contributed by atoms with E-state index in [0.717, 1.165) is 55.1 Å². The molecule has 164 valence electrons. The van der Waals surface area contributed by atoms with Gasteiger partial charge in [-0.15, -0.1) is 24.5 Å². The Morgan fingerprint density at radius 3 is 2.68 bits per heavy atom. The van der Waals surface area contributed by atoms with Crippen molar-refractivity contribution in [3.63, 3.8) is 0 Å². The molecule has 0 atom stereocenters. The molecule has 1 aromatic carbocycles. The van der Waals surface area contributed by atoms with Gasteiger partial charge in [0, 0.05) is 17.6 Å². The number of carbonyl (C=O) groups excluding carboxylic acids is 1. The molecule has 0 saturated carbocycles.